The van der Waals surface area contributed by atoms with Crippen LogP contribution in [0, 0.1) is 0 Å². The molecule has 2 heterocycles. The number of rotatable bonds is 1. The van der Waals surface area contributed by atoms with Crippen molar-refractivity contribution in [3.63, 3.8) is 0 Å². The topological polar surface area (TPSA) is 114 Å². The molecule has 0 unspecified atom stereocenters. The van der Waals surface area contributed by atoms with Crippen molar-refractivity contribution in [1.29, 1.82) is 0 Å². The van der Waals surface area contributed by atoms with Gasteiger partial charge in [0, 0.05) is 6.54 Å². The third kappa shape index (κ3) is 1.84. The lowest BCUT2D eigenvalue weighted by atomic mass is 9.96. The SMILES string of the molecule is NC[C@H]1O[C@@H]2OCC(=O)N[C@@H]2[C@@H](O)[C@H]1O. The second kappa shape index (κ2) is 4.03. The molecule has 2 saturated heterocycles. The van der Waals surface area contributed by atoms with Crippen LogP contribution in [0.1, 0.15) is 0 Å². The first-order valence-electron chi connectivity index (χ1n) is 4.76. The van der Waals surface area contributed by atoms with Gasteiger partial charge < -0.3 is 30.7 Å². The van der Waals surface area contributed by atoms with Gasteiger partial charge in [0.15, 0.2) is 6.29 Å². The normalized spacial score (nSPS) is 45.8. The van der Waals surface area contributed by atoms with Crippen LogP contribution in [0.15, 0.2) is 0 Å². The Morgan fingerprint density at radius 1 is 1.47 bits per heavy atom. The number of aliphatic hydroxyl groups is 2. The van der Waals surface area contributed by atoms with Crippen molar-refractivity contribution in [3.05, 3.63) is 0 Å². The zero-order chi connectivity index (χ0) is 11.0. The molecule has 2 rings (SSSR count). The van der Waals surface area contributed by atoms with Gasteiger partial charge in [-0.2, -0.15) is 0 Å². The molecular weight excluding hydrogens is 204 g/mol. The van der Waals surface area contributed by atoms with Crippen LogP contribution in [-0.2, 0) is 14.3 Å². The van der Waals surface area contributed by atoms with E-state index >= 15 is 0 Å². The summed E-state index contributed by atoms with van der Waals surface area (Å²) < 4.78 is 10.4. The molecule has 0 spiro atoms. The average Bonchev–Trinajstić information content (AvgIpc) is 2.24. The van der Waals surface area contributed by atoms with E-state index in [-0.39, 0.29) is 19.1 Å². The molecule has 15 heavy (non-hydrogen) atoms. The van der Waals surface area contributed by atoms with Gasteiger partial charge in [-0.05, 0) is 0 Å². The standard InChI is InChI=1S/C8H14N2O5/c9-1-3-6(12)7(13)5-8(15-3)14-2-4(11)10-5/h3,5-8,12-13H,1-2,9H2,(H,10,11)/t3-,5-,6+,7-,8+/m1/s1. The largest absolute Gasteiger partial charge is 0.388 e. The van der Waals surface area contributed by atoms with E-state index in [2.05, 4.69) is 5.32 Å². The van der Waals surface area contributed by atoms with Crippen LogP contribution < -0.4 is 11.1 Å². The third-order valence-corrected chi connectivity index (χ3v) is 2.64. The molecule has 7 nitrogen and oxygen atoms in total. The Morgan fingerprint density at radius 3 is 2.87 bits per heavy atom. The molecule has 86 valence electrons. The van der Waals surface area contributed by atoms with E-state index in [9.17, 15) is 15.0 Å². The Bertz CT molecular complexity index is 259. The first kappa shape index (κ1) is 10.8. The van der Waals surface area contributed by atoms with Crippen LogP contribution in [0.2, 0.25) is 0 Å². The first-order chi connectivity index (χ1) is 7.13. The van der Waals surface area contributed by atoms with E-state index in [1.807, 2.05) is 0 Å². The van der Waals surface area contributed by atoms with Crippen LogP contribution in [0.5, 0.6) is 0 Å². The molecule has 0 aromatic carbocycles. The third-order valence-electron chi connectivity index (χ3n) is 2.64. The number of carbonyl (C=O) groups excluding carboxylic acids is 1. The summed E-state index contributed by atoms with van der Waals surface area (Å²) in [5, 5.41) is 21.8. The highest BCUT2D eigenvalue weighted by atomic mass is 16.7. The number of carbonyl (C=O) groups is 1. The fourth-order valence-corrected chi connectivity index (χ4v) is 1.81. The summed E-state index contributed by atoms with van der Waals surface area (Å²) in [6.07, 6.45) is -3.65. The number of nitrogens with two attached hydrogens (primary N) is 1. The first-order valence-corrected chi connectivity index (χ1v) is 4.76. The zero-order valence-electron chi connectivity index (χ0n) is 8.00. The Hall–Kier alpha value is -0.730. The highest BCUT2D eigenvalue weighted by Gasteiger charge is 2.47. The van der Waals surface area contributed by atoms with Crippen molar-refractivity contribution in [1.82, 2.24) is 5.32 Å². The van der Waals surface area contributed by atoms with Gasteiger partial charge in [-0.3, -0.25) is 4.79 Å². The Labute approximate surface area is 86.1 Å². The van der Waals surface area contributed by atoms with Gasteiger partial charge in [-0.15, -0.1) is 0 Å². The van der Waals surface area contributed by atoms with Crippen LogP contribution in [0.4, 0.5) is 0 Å². The molecule has 0 aromatic heterocycles. The number of aliphatic hydroxyl groups excluding tert-OH is 2. The second-order valence-corrected chi connectivity index (χ2v) is 3.66. The number of morpholine rings is 1. The van der Waals surface area contributed by atoms with Crippen molar-refractivity contribution in [2.24, 2.45) is 5.73 Å². The average molecular weight is 218 g/mol. The van der Waals surface area contributed by atoms with E-state index in [0.717, 1.165) is 0 Å². The molecule has 0 aliphatic carbocycles. The highest BCUT2D eigenvalue weighted by Crippen LogP contribution is 2.23. The zero-order valence-corrected chi connectivity index (χ0v) is 8.00. The maximum Gasteiger partial charge on any atom is 0.246 e. The number of amides is 1. The van der Waals surface area contributed by atoms with Crippen molar-refractivity contribution in [2.75, 3.05) is 13.2 Å². The molecule has 7 heteroatoms. The van der Waals surface area contributed by atoms with Crippen molar-refractivity contribution >= 4 is 5.91 Å². The lowest BCUT2D eigenvalue weighted by molar-refractivity contribution is -0.270. The van der Waals surface area contributed by atoms with E-state index in [4.69, 9.17) is 15.2 Å². The number of hydrogen-bond donors (Lipinski definition) is 4. The summed E-state index contributed by atoms with van der Waals surface area (Å²) in [7, 11) is 0. The molecule has 0 aromatic rings. The van der Waals surface area contributed by atoms with E-state index in [1.54, 1.807) is 0 Å². The van der Waals surface area contributed by atoms with Crippen LogP contribution in [0.25, 0.3) is 0 Å². The number of ether oxygens (including phenoxy) is 2. The Morgan fingerprint density at radius 2 is 2.20 bits per heavy atom. The van der Waals surface area contributed by atoms with Gasteiger partial charge in [0.2, 0.25) is 5.91 Å². The summed E-state index contributed by atoms with van der Waals surface area (Å²) >= 11 is 0. The van der Waals surface area contributed by atoms with Crippen molar-refractivity contribution in [3.8, 4) is 0 Å². The van der Waals surface area contributed by atoms with E-state index < -0.39 is 30.6 Å². The van der Waals surface area contributed by atoms with Crippen LogP contribution >= 0.6 is 0 Å². The Kier molecular flexibility index (Phi) is 2.89. The Balaban J connectivity index is 2.11. The molecular formula is C8H14N2O5. The second-order valence-electron chi connectivity index (χ2n) is 3.66. The van der Waals surface area contributed by atoms with Gasteiger partial charge in [-0.25, -0.2) is 0 Å². The summed E-state index contributed by atoms with van der Waals surface area (Å²) in [5.41, 5.74) is 5.37. The maximum absolute atomic E-state index is 11.0. The molecule has 5 atom stereocenters. The predicted molar refractivity (Wildman–Crippen MR) is 47.6 cm³/mol. The summed E-state index contributed by atoms with van der Waals surface area (Å²) in [6, 6.07) is -0.732. The number of hydrogen-bond acceptors (Lipinski definition) is 6. The van der Waals surface area contributed by atoms with E-state index in [1.165, 1.54) is 0 Å². The van der Waals surface area contributed by atoms with Gasteiger partial charge in [0.25, 0.3) is 0 Å². The maximum atomic E-state index is 11.0. The highest BCUT2D eigenvalue weighted by molar-refractivity contribution is 5.78. The molecule has 2 aliphatic rings. The van der Waals surface area contributed by atoms with Crippen molar-refractivity contribution < 1.29 is 24.5 Å². The fourth-order valence-electron chi connectivity index (χ4n) is 1.81. The molecule has 0 radical (unpaired) electrons. The summed E-state index contributed by atoms with van der Waals surface area (Å²) in [4.78, 5) is 11.0. The minimum Gasteiger partial charge on any atom is -0.388 e. The monoisotopic (exact) mass is 218 g/mol. The lowest BCUT2D eigenvalue weighted by Gasteiger charge is -2.44. The van der Waals surface area contributed by atoms with Crippen LogP contribution in [-0.4, -0.2) is 59.9 Å². The van der Waals surface area contributed by atoms with Gasteiger partial charge >= 0.3 is 0 Å². The van der Waals surface area contributed by atoms with Crippen molar-refractivity contribution in [2.45, 2.75) is 30.6 Å². The van der Waals surface area contributed by atoms with Gasteiger partial charge in [0.1, 0.15) is 31.0 Å². The smallest absolute Gasteiger partial charge is 0.246 e. The minimum atomic E-state index is -1.12. The van der Waals surface area contributed by atoms with Crippen LogP contribution in [0.3, 0.4) is 0 Å². The molecule has 1 amide bonds. The fraction of sp³-hybridized carbons (Fsp3) is 0.875. The molecule has 2 fully saturated rings. The molecule has 0 saturated carbocycles. The molecule has 5 N–H and O–H groups in total. The van der Waals surface area contributed by atoms with E-state index in [0.29, 0.717) is 0 Å². The number of fused-ring (bicyclic) bond motifs is 1. The molecule has 0 bridgehead atoms. The van der Waals surface area contributed by atoms with Gasteiger partial charge in [-0.1, -0.05) is 0 Å². The molecule has 2 aliphatic heterocycles. The van der Waals surface area contributed by atoms with Gasteiger partial charge in [0.05, 0.1) is 0 Å². The number of nitrogens with one attached hydrogen (secondary N) is 1. The minimum absolute atomic E-state index is 0.0821. The predicted octanol–water partition coefficient (Wildman–Crippen LogP) is -3.09. The summed E-state index contributed by atoms with van der Waals surface area (Å²) in [5.74, 6) is -0.336. The lowest BCUT2D eigenvalue weighted by Crippen LogP contribution is -2.68. The quantitative estimate of drug-likeness (QED) is 0.371. The summed E-state index contributed by atoms with van der Waals surface area (Å²) in [6.45, 7) is -0.0278.